The van der Waals surface area contributed by atoms with Gasteiger partial charge < -0.3 is 5.32 Å². The van der Waals surface area contributed by atoms with Crippen LogP contribution in [0.5, 0.6) is 0 Å². The quantitative estimate of drug-likeness (QED) is 0.710. The molecule has 2 heterocycles. The van der Waals surface area contributed by atoms with E-state index in [4.69, 9.17) is 11.6 Å². The van der Waals surface area contributed by atoms with E-state index < -0.39 is 5.91 Å². The topological polar surface area (TPSA) is 87.7 Å². The number of halogens is 1. The second-order valence-corrected chi connectivity index (χ2v) is 4.66. The van der Waals surface area contributed by atoms with Crippen molar-refractivity contribution in [1.29, 1.82) is 0 Å². The first-order chi connectivity index (χ1) is 10.1. The number of carbonyl (C=O) groups is 1. The van der Waals surface area contributed by atoms with E-state index in [1.165, 1.54) is 12.3 Å². The number of fused-ring (bicyclic) bond motifs is 1. The van der Waals surface area contributed by atoms with Crippen molar-refractivity contribution < 1.29 is 4.79 Å². The van der Waals surface area contributed by atoms with Gasteiger partial charge in [-0.15, -0.1) is 0 Å². The van der Waals surface area contributed by atoms with Crippen molar-refractivity contribution in [3.63, 3.8) is 0 Å². The van der Waals surface area contributed by atoms with Gasteiger partial charge in [0.15, 0.2) is 5.69 Å². The monoisotopic (exact) mass is 300 g/mol. The molecule has 0 atom stereocenters. The molecule has 0 aliphatic carbocycles. The predicted molar refractivity (Wildman–Crippen MR) is 79.6 cm³/mol. The number of nitrogens with one attached hydrogen (secondary N) is 2. The molecule has 104 valence electrons. The molecule has 0 aliphatic heterocycles. The van der Waals surface area contributed by atoms with Gasteiger partial charge in [-0.25, -0.2) is 10.1 Å². The Morgan fingerprint density at radius 1 is 1.19 bits per heavy atom. The molecule has 2 N–H and O–H groups in total. The highest BCUT2D eigenvalue weighted by molar-refractivity contribution is 6.29. The number of benzene rings is 1. The van der Waals surface area contributed by atoms with Gasteiger partial charge >= 0.3 is 0 Å². The number of hydrogen-bond acceptors (Lipinski definition) is 4. The van der Waals surface area contributed by atoms with Crippen LogP contribution in [0.15, 0.2) is 47.4 Å². The van der Waals surface area contributed by atoms with Crippen molar-refractivity contribution in [3.05, 3.63) is 63.8 Å². The molecule has 6 nitrogen and oxygen atoms in total. The summed E-state index contributed by atoms with van der Waals surface area (Å²) in [6, 6.07) is 9.90. The van der Waals surface area contributed by atoms with Crippen LogP contribution >= 0.6 is 11.6 Å². The molecule has 3 rings (SSSR count). The molecule has 0 aliphatic rings. The van der Waals surface area contributed by atoms with Gasteiger partial charge in [0.25, 0.3) is 11.5 Å². The number of pyridine rings is 1. The summed E-state index contributed by atoms with van der Waals surface area (Å²) in [6.07, 6.45) is 1.48. The van der Waals surface area contributed by atoms with Crippen LogP contribution in [0.2, 0.25) is 5.15 Å². The van der Waals surface area contributed by atoms with Gasteiger partial charge in [0.1, 0.15) is 5.15 Å². The van der Waals surface area contributed by atoms with Crippen molar-refractivity contribution in [1.82, 2.24) is 15.2 Å². The number of hydrogen-bond donors (Lipinski definition) is 2. The maximum absolute atomic E-state index is 12.3. The van der Waals surface area contributed by atoms with Crippen molar-refractivity contribution >= 4 is 34.0 Å². The predicted octanol–water partition coefficient (Wildman–Crippen LogP) is 2.22. The Labute approximate surface area is 123 Å². The maximum Gasteiger partial charge on any atom is 0.276 e. The molecule has 2 aromatic heterocycles. The molecule has 1 aromatic carbocycles. The zero-order valence-corrected chi connectivity index (χ0v) is 11.4. The number of rotatable bonds is 2. The lowest BCUT2D eigenvalue weighted by Crippen LogP contribution is -2.19. The van der Waals surface area contributed by atoms with Crippen LogP contribution in [-0.4, -0.2) is 21.1 Å². The van der Waals surface area contributed by atoms with E-state index in [-0.39, 0.29) is 16.4 Å². The molecule has 0 saturated heterocycles. The molecule has 7 heteroatoms. The van der Waals surface area contributed by atoms with Crippen molar-refractivity contribution in [3.8, 4) is 0 Å². The van der Waals surface area contributed by atoms with E-state index in [0.29, 0.717) is 16.5 Å². The average Bonchev–Trinajstić information content (AvgIpc) is 2.48. The third-order valence-corrected chi connectivity index (χ3v) is 3.10. The highest BCUT2D eigenvalue weighted by Gasteiger charge is 2.14. The standard InChI is InChI=1S/C14H9ClN4O2/c15-11-7-8(5-6-16-11)17-14(21)12-9-3-1-2-4-10(9)13(20)19-18-12/h1-7H,(H,19,20)(H,16,17,21). The third-order valence-electron chi connectivity index (χ3n) is 2.90. The van der Waals surface area contributed by atoms with Crippen LogP contribution in [0.3, 0.4) is 0 Å². The van der Waals surface area contributed by atoms with Crippen molar-refractivity contribution in [2.45, 2.75) is 0 Å². The number of aromatic nitrogens is 3. The molecular formula is C14H9ClN4O2. The summed E-state index contributed by atoms with van der Waals surface area (Å²) in [5, 5.41) is 9.97. The average molecular weight is 301 g/mol. The molecule has 0 radical (unpaired) electrons. The Balaban J connectivity index is 2.03. The lowest BCUT2D eigenvalue weighted by molar-refractivity contribution is 0.102. The minimum atomic E-state index is -0.440. The van der Waals surface area contributed by atoms with E-state index in [2.05, 4.69) is 20.5 Å². The summed E-state index contributed by atoms with van der Waals surface area (Å²) in [7, 11) is 0. The summed E-state index contributed by atoms with van der Waals surface area (Å²) >= 11 is 5.76. The highest BCUT2D eigenvalue weighted by atomic mass is 35.5. The molecule has 0 unspecified atom stereocenters. The molecule has 1 amide bonds. The van der Waals surface area contributed by atoms with Crippen molar-refractivity contribution in [2.75, 3.05) is 5.32 Å². The molecule has 21 heavy (non-hydrogen) atoms. The minimum Gasteiger partial charge on any atom is -0.320 e. The molecule has 0 bridgehead atoms. The van der Waals surface area contributed by atoms with Crippen LogP contribution in [0.1, 0.15) is 10.5 Å². The van der Waals surface area contributed by atoms with Crippen LogP contribution in [-0.2, 0) is 0 Å². The summed E-state index contributed by atoms with van der Waals surface area (Å²) in [6.45, 7) is 0. The summed E-state index contributed by atoms with van der Waals surface area (Å²) in [5.74, 6) is -0.440. The smallest absolute Gasteiger partial charge is 0.276 e. The van der Waals surface area contributed by atoms with Gasteiger partial charge in [-0.05, 0) is 18.2 Å². The van der Waals surface area contributed by atoms with Crippen LogP contribution < -0.4 is 10.9 Å². The summed E-state index contributed by atoms with van der Waals surface area (Å²) < 4.78 is 0. The number of carbonyl (C=O) groups excluding carboxylic acids is 1. The van der Waals surface area contributed by atoms with E-state index in [0.717, 1.165) is 0 Å². The van der Waals surface area contributed by atoms with Gasteiger partial charge in [0, 0.05) is 17.3 Å². The molecule has 0 fully saturated rings. The Morgan fingerprint density at radius 2 is 1.95 bits per heavy atom. The summed E-state index contributed by atoms with van der Waals surface area (Å²) in [5.41, 5.74) is 0.296. The number of H-pyrrole nitrogens is 1. The van der Waals surface area contributed by atoms with E-state index in [1.54, 1.807) is 30.3 Å². The van der Waals surface area contributed by atoms with E-state index in [1.807, 2.05) is 0 Å². The largest absolute Gasteiger partial charge is 0.320 e. The number of amides is 1. The van der Waals surface area contributed by atoms with Crippen LogP contribution in [0, 0.1) is 0 Å². The Hall–Kier alpha value is -2.73. The molecule has 3 aromatic rings. The Kier molecular flexibility index (Phi) is 3.37. The SMILES string of the molecule is O=C(Nc1ccnc(Cl)c1)c1n[nH]c(=O)c2ccccc12. The second-order valence-electron chi connectivity index (χ2n) is 4.27. The number of nitrogens with zero attached hydrogens (tertiary/aromatic N) is 2. The van der Waals surface area contributed by atoms with E-state index >= 15 is 0 Å². The maximum atomic E-state index is 12.3. The van der Waals surface area contributed by atoms with Gasteiger partial charge in [0.05, 0.1) is 5.39 Å². The third kappa shape index (κ3) is 2.61. The van der Waals surface area contributed by atoms with Gasteiger partial charge in [-0.2, -0.15) is 5.10 Å². The first-order valence-corrected chi connectivity index (χ1v) is 6.43. The lowest BCUT2D eigenvalue weighted by atomic mass is 10.1. The Bertz CT molecular complexity index is 891. The molecule has 0 saturated carbocycles. The number of aromatic amines is 1. The second kappa shape index (κ2) is 5.34. The zero-order chi connectivity index (χ0) is 14.8. The van der Waals surface area contributed by atoms with Gasteiger partial charge in [-0.3, -0.25) is 9.59 Å². The lowest BCUT2D eigenvalue weighted by Gasteiger charge is -2.06. The molecular weight excluding hydrogens is 292 g/mol. The van der Waals surface area contributed by atoms with Gasteiger partial charge in [-0.1, -0.05) is 29.8 Å². The first kappa shape index (κ1) is 13.3. The zero-order valence-electron chi connectivity index (χ0n) is 10.6. The van der Waals surface area contributed by atoms with Crippen LogP contribution in [0.4, 0.5) is 5.69 Å². The fraction of sp³-hybridized carbons (Fsp3) is 0. The van der Waals surface area contributed by atoms with Crippen molar-refractivity contribution in [2.24, 2.45) is 0 Å². The fourth-order valence-corrected chi connectivity index (χ4v) is 2.13. The minimum absolute atomic E-state index is 0.137. The first-order valence-electron chi connectivity index (χ1n) is 6.05. The van der Waals surface area contributed by atoms with E-state index in [9.17, 15) is 9.59 Å². The van der Waals surface area contributed by atoms with Gasteiger partial charge in [0.2, 0.25) is 0 Å². The molecule has 0 spiro atoms. The fourth-order valence-electron chi connectivity index (χ4n) is 1.96. The van der Waals surface area contributed by atoms with Crippen LogP contribution in [0.25, 0.3) is 10.8 Å². The Morgan fingerprint density at radius 3 is 2.71 bits per heavy atom. The highest BCUT2D eigenvalue weighted by Crippen LogP contribution is 2.16. The summed E-state index contributed by atoms with van der Waals surface area (Å²) in [4.78, 5) is 27.8. The number of anilines is 1. The normalized spacial score (nSPS) is 10.5.